The van der Waals surface area contributed by atoms with Crippen LogP contribution in [0.4, 0.5) is 0 Å². The molecule has 6 heteroatoms. The van der Waals surface area contributed by atoms with Gasteiger partial charge in [0, 0.05) is 11.5 Å². The molecule has 1 aromatic carbocycles. The van der Waals surface area contributed by atoms with E-state index < -0.39 is 0 Å². The molecule has 0 aliphatic heterocycles. The Morgan fingerprint density at radius 1 is 1.59 bits per heavy atom. The zero-order valence-corrected chi connectivity index (χ0v) is 12.6. The van der Waals surface area contributed by atoms with E-state index in [1.54, 1.807) is 32.2 Å². The minimum Gasteiger partial charge on any atom is -0.392 e. The Morgan fingerprint density at radius 2 is 2.18 bits per heavy atom. The minimum absolute atomic E-state index is 0.206. The van der Waals surface area contributed by atoms with Gasteiger partial charge in [0.1, 0.15) is 0 Å². The van der Waals surface area contributed by atoms with Crippen molar-refractivity contribution in [2.75, 3.05) is 7.05 Å². The van der Waals surface area contributed by atoms with E-state index in [9.17, 15) is 4.79 Å². The maximum absolute atomic E-state index is 12.1. The number of hydrogen-bond acceptors (Lipinski definition) is 2. The van der Waals surface area contributed by atoms with Gasteiger partial charge in [-0.05, 0) is 25.1 Å². The first kappa shape index (κ1) is 14.4. The van der Waals surface area contributed by atoms with Crippen LogP contribution in [-0.2, 0) is 0 Å². The van der Waals surface area contributed by atoms with Crippen molar-refractivity contribution in [3.8, 4) is 0 Å². The average Bonchev–Trinajstić information content (AvgIpc) is 2.26. The van der Waals surface area contributed by atoms with Crippen molar-refractivity contribution in [1.29, 1.82) is 0 Å². The fraction of sp³-hybridized carbons (Fsp3) is 0.273. The van der Waals surface area contributed by atoms with Crippen molar-refractivity contribution in [2.45, 2.75) is 13.0 Å². The summed E-state index contributed by atoms with van der Waals surface area (Å²) in [4.78, 5) is 13.9. The standard InChI is InChI=1S/C11H12BrClN2OS/c1-6(10(14)17)15(2)11(16)8-4-3-7(12)5-9(8)13/h3-6H,1-2H3,(H2,14,17). The van der Waals surface area contributed by atoms with Gasteiger partial charge in [0.15, 0.2) is 0 Å². The predicted molar refractivity (Wildman–Crippen MR) is 77.5 cm³/mol. The Labute approximate surface area is 119 Å². The van der Waals surface area contributed by atoms with Crippen molar-refractivity contribution in [2.24, 2.45) is 5.73 Å². The van der Waals surface area contributed by atoms with E-state index in [1.165, 1.54) is 4.90 Å². The molecule has 17 heavy (non-hydrogen) atoms. The smallest absolute Gasteiger partial charge is 0.255 e. The summed E-state index contributed by atoms with van der Waals surface area (Å²) >= 11 is 14.2. The molecule has 0 spiro atoms. The number of nitrogens with zero attached hydrogens (tertiary/aromatic N) is 1. The SMILES string of the molecule is CC(C(N)=S)N(C)C(=O)c1ccc(Br)cc1Cl. The molecule has 1 amide bonds. The average molecular weight is 336 g/mol. The van der Waals surface area contributed by atoms with Gasteiger partial charge >= 0.3 is 0 Å². The summed E-state index contributed by atoms with van der Waals surface area (Å²) in [5.74, 6) is -0.206. The minimum atomic E-state index is -0.308. The van der Waals surface area contributed by atoms with Gasteiger partial charge in [-0.1, -0.05) is 39.7 Å². The van der Waals surface area contributed by atoms with Crippen LogP contribution in [0.5, 0.6) is 0 Å². The monoisotopic (exact) mass is 334 g/mol. The Morgan fingerprint density at radius 3 is 2.65 bits per heavy atom. The molecule has 1 atom stereocenters. The van der Waals surface area contributed by atoms with Gasteiger partial charge in [0.25, 0.3) is 5.91 Å². The molecule has 0 bridgehead atoms. The number of likely N-dealkylation sites (N-methyl/N-ethyl adjacent to an activating group) is 1. The van der Waals surface area contributed by atoms with Crippen molar-refractivity contribution >= 4 is 50.6 Å². The second-order valence-corrected chi connectivity index (χ2v) is 5.41. The lowest BCUT2D eigenvalue weighted by molar-refractivity contribution is 0.0779. The largest absolute Gasteiger partial charge is 0.392 e. The van der Waals surface area contributed by atoms with E-state index in [4.69, 9.17) is 29.6 Å². The van der Waals surface area contributed by atoms with Crippen LogP contribution in [0.2, 0.25) is 5.02 Å². The number of amides is 1. The van der Waals surface area contributed by atoms with Gasteiger partial charge in [0.2, 0.25) is 0 Å². The molecule has 1 aromatic rings. The Bertz CT molecular complexity index is 467. The Hall–Kier alpha value is -0.650. The number of benzene rings is 1. The summed E-state index contributed by atoms with van der Waals surface area (Å²) in [6.45, 7) is 1.77. The third kappa shape index (κ3) is 3.40. The molecular formula is C11H12BrClN2OS. The lowest BCUT2D eigenvalue weighted by Crippen LogP contribution is -2.42. The maximum Gasteiger partial charge on any atom is 0.255 e. The fourth-order valence-corrected chi connectivity index (χ4v) is 2.13. The van der Waals surface area contributed by atoms with Gasteiger partial charge in [-0.25, -0.2) is 0 Å². The molecule has 92 valence electrons. The number of thiocarbonyl (C=S) groups is 1. The molecule has 0 saturated heterocycles. The zero-order valence-electron chi connectivity index (χ0n) is 9.41. The maximum atomic E-state index is 12.1. The molecule has 0 saturated carbocycles. The third-order valence-corrected chi connectivity index (χ3v) is 3.62. The van der Waals surface area contributed by atoms with E-state index in [1.807, 2.05) is 0 Å². The lowest BCUT2D eigenvalue weighted by atomic mass is 10.1. The second kappa shape index (κ2) is 5.80. The zero-order chi connectivity index (χ0) is 13.2. The number of carbonyl (C=O) groups excluding carboxylic acids is 1. The van der Waals surface area contributed by atoms with Crippen LogP contribution in [0.15, 0.2) is 22.7 Å². The van der Waals surface area contributed by atoms with E-state index in [-0.39, 0.29) is 16.9 Å². The fourth-order valence-electron chi connectivity index (χ4n) is 1.22. The van der Waals surface area contributed by atoms with Crippen LogP contribution in [0, 0.1) is 0 Å². The highest BCUT2D eigenvalue weighted by atomic mass is 79.9. The van der Waals surface area contributed by atoms with Crippen LogP contribution in [-0.4, -0.2) is 28.9 Å². The van der Waals surface area contributed by atoms with Crippen LogP contribution in [0.25, 0.3) is 0 Å². The summed E-state index contributed by atoms with van der Waals surface area (Å²) in [6, 6.07) is 4.79. The number of nitrogens with two attached hydrogens (primary N) is 1. The molecule has 0 aliphatic rings. The molecular weight excluding hydrogens is 324 g/mol. The van der Waals surface area contributed by atoms with Gasteiger partial charge in [-0.3, -0.25) is 4.79 Å². The highest BCUT2D eigenvalue weighted by Crippen LogP contribution is 2.22. The van der Waals surface area contributed by atoms with E-state index in [0.29, 0.717) is 10.6 Å². The van der Waals surface area contributed by atoms with Crippen molar-refractivity contribution in [3.63, 3.8) is 0 Å². The quantitative estimate of drug-likeness (QED) is 0.864. The first-order valence-electron chi connectivity index (χ1n) is 4.86. The highest BCUT2D eigenvalue weighted by Gasteiger charge is 2.21. The van der Waals surface area contributed by atoms with Crippen molar-refractivity contribution < 1.29 is 4.79 Å². The van der Waals surface area contributed by atoms with Gasteiger partial charge in [0.05, 0.1) is 21.6 Å². The molecule has 0 heterocycles. The summed E-state index contributed by atoms with van der Waals surface area (Å²) in [7, 11) is 1.64. The Balaban J connectivity index is 3.00. The Kier molecular flexibility index (Phi) is 4.91. The van der Waals surface area contributed by atoms with Crippen LogP contribution in [0.3, 0.4) is 0 Å². The third-order valence-electron chi connectivity index (χ3n) is 2.47. The number of hydrogen-bond donors (Lipinski definition) is 1. The molecule has 3 nitrogen and oxygen atoms in total. The first-order valence-corrected chi connectivity index (χ1v) is 6.44. The van der Waals surface area contributed by atoms with Crippen LogP contribution in [0.1, 0.15) is 17.3 Å². The number of halogens is 2. The van der Waals surface area contributed by atoms with Gasteiger partial charge in [-0.15, -0.1) is 0 Å². The predicted octanol–water partition coefficient (Wildman–Crippen LogP) is 2.85. The topological polar surface area (TPSA) is 46.3 Å². The second-order valence-electron chi connectivity index (χ2n) is 3.62. The van der Waals surface area contributed by atoms with E-state index in [0.717, 1.165) is 4.47 Å². The van der Waals surface area contributed by atoms with E-state index >= 15 is 0 Å². The summed E-state index contributed by atoms with van der Waals surface area (Å²) in [6.07, 6.45) is 0. The molecule has 0 fully saturated rings. The molecule has 2 N–H and O–H groups in total. The van der Waals surface area contributed by atoms with Crippen molar-refractivity contribution in [1.82, 2.24) is 4.90 Å². The highest BCUT2D eigenvalue weighted by molar-refractivity contribution is 9.10. The number of carbonyl (C=O) groups is 1. The lowest BCUT2D eigenvalue weighted by Gasteiger charge is -2.24. The van der Waals surface area contributed by atoms with Crippen LogP contribution >= 0.6 is 39.7 Å². The molecule has 1 rings (SSSR count). The normalized spacial score (nSPS) is 12.0. The first-order chi connectivity index (χ1) is 7.84. The summed E-state index contributed by atoms with van der Waals surface area (Å²) < 4.78 is 0.823. The van der Waals surface area contributed by atoms with Gasteiger partial charge in [-0.2, -0.15) is 0 Å². The summed E-state index contributed by atoms with van der Waals surface area (Å²) in [5, 5.41) is 0.395. The van der Waals surface area contributed by atoms with Crippen molar-refractivity contribution in [3.05, 3.63) is 33.3 Å². The molecule has 0 aliphatic carbocycles. The molecule has 0 radical (unpaired) electrons. The van der Waals surface area contributed by atoms with Crippen LogP contribution < -0.4 is 5.73 Å². The molecule has 1 unspecified atom stereocenters. The number of rotatable bonds is 3. The molecule has 0 aromatic heterocycles. The van der Waals surface area contributed by atoms with E-state index in [2.05, 4.69) is 15.9 Å². The van der Waals surface area contributed by atoms with Gasteiger partial charge < -0.3 is 10.6 Å². The summed E-state index contributed by atoms with van der Waals surface area (Å²) in [5.41, 5.74) is 5.94.